The summed E-state index contributed by atoms with van der Waals surface area (Å²) in [5.74, 6) is -0.371. The minimum absolute atomic E-state index is 0.186. The molecule has 0 spiro atoms. The third kappa shape index (κ3) is 12.4. The molecule has 418 valence electrons. The SMILES string of the molecule is CCCCCCc1cc(-c2sc(-c3cc(-c4cc(CCCCCC)c(-c5cc(CCCCCC)c(/C=C6\SC(=O)N(CC)C6=O)s5)s4)c4ccc5cccc6ccc3c4c65)cc2CCCCCC)sc1/C=C1\SC(=O)N(CC)C1=O. The van der Waals surface area contributed by atoms with E-state index in [4.69, 9.17) is 0 Å². The van der Waals surface area contributed by atoms with E-state index in [1.165, 1.54) is 169 Å². The van der Waals surface area contributed by atoms with Crippen molar-refractivity contribution < 1.29 is 19.2 Å². The van der Waals surface area contributed by atoms with Crippen molar-refractivity contribution in [1.29, 1.82) is 0 Å². The van der Waals surface area contributed by atoms with Crippen LogP contribution >= 0.6 is 68.9 Å². The van der Waals surface area contributed by atoms with Gasteiger partial charge in [-0.15, -0.1) is 45.3 Å². The minimum atomic E-state index is -0.186. The van der Waals surface area contributed by atoms with E-state index in [-0.39, 0.29) is 22.3 Å². The van der Waals surface area contributed by atoms with Crippen LogP contribution < -0.4 is 0 Å². The molecule has 10 rings (SSSR count). The molecule has 2 aliphatic rings. The largest absolute Gasteiger partial charge is 0.293 e. The highest BCUT2D eigenvalue weighted by Gasteiger charge is 2.36. The van der Waals surface area contributed by atoms with Crippen LogP contribution in [0.15, 0.2) is 82.6 Å². The van der Waals surface area contributed by atoms with Crippen molar-refractivity contribution in [3.05, 3.63) is 115 Å². The van der Waals surface area contributed by atoms with Crippen molar-refractivity contribution in [3.63, 3.8) is 0 Å². The number of hydrogen-bond donors (Lipinski definition) is 0. The van der Waals surface area contributed by atoms with E-state index in [0.29, 0.717) is 22.9 Å². The van der Waals surface area contributed by atoms with Gasteiger partial charge in [0.1, 0.15) is 0 Å². The number of amides is 4. The second-order valence-corrected chi connectivity index (χ2v) is 27.9. The summed E-state index contributed by atoms with van der Waals surface area (Å²) in [6, 6.07) is 28.4. The Kier molecular flexibility index (Phi) is 19.7. The van der Waals surface area contributed by atoms with Gasteiger partial charge in [-0.2, -0.15) is 0 Å². The van der Waals surface area contributed by atoms with Gasteiger partial charge < -0.3 is 0 Å². The van der Waals surface area contributed by atoms with Crippen LogP contribution in [0.2, 0.25) is 0 Å². The first-order valence-electron chi connectivity index (χ1n) is 29.8. The van der Waals surface area contributed by atoms with Crippen LogP contribution in [0, 0.1) is 0 Å². The number of carbonyl (C=O) groups excluding carboxylic acids is 4. The lowest BCUT2D eigenvalue weighted by molar-refractivity contribution is -0.123. The summed E-state index contributed by atoms with van der Waals surface area (Å²) in [4.78, 5) is 66.5. The fraction of sp³-hybridized carbons (Fsp3) is 0.412. The molecule has 2 aliphatic heterocycles. The number of thiophene rings is 4. The molecular weight excluding hydrogens is 1100 g/mol. The lowest BCUT2D eigenvalue weighted by Gasteiger charge is -2.16. The Morgan fingerprint density at radius 3 is 1.16 bits per heavy atom. The van der Waals surface area contributed by atoms with Crippen LogP contribution in [0.3, 0.4) is 0 Å². The molecule has 80 heavy (non-hydrogen) atoms. The maximum absolute atomic E-state index is 13.5. The van der Waals surface area contributed by atoms with Crippen molar-refractivity contribution in [2.24, 2.45) is 0 Å². The molecule has 0 bridgehead atoms. The highest BCUT2D eigenvalue weighted by Crippen LogP contribution is 2.52. The maximum Gasteiger partial charge on any atom is 0.293 e. The normalized spacial score (nSPS) is 15.2. The number of aryl methyl sites for hydroxylation is 4. The van der Waals surface area contributed by atoms with Crippen molar-refractivity contribution in [1.82, 2.24) is 9.80 Å². The van der Waals surface area contributed by atoms with Crippen LogP contribution in [0.4, 0.5) is 9.59 Å². The Bertz CT molecular complexity index is 3380. The number of unbranched alkanes of at least 4 members (excludes halogenated alkanes) is 12. The van der Waals surface area contributed by atoms with Gasteiger partial charge in [0.15, 0.2) is 0 Å². The van der Waals surface area contributed by atoms with Gasteiger partial charge in [-0.25, -0.2) is 0 Å². The number of rotatable bonds is 28. The third-order valence-corrected chi connectivity index (χ3v) is 22.9. The molecule has 2 fully saturated rings. The van der Waals surface area contributed by atoms with E-state index in [1.807, 2.05) is 48.7 Å². The zero-order valence-corrected chi connectivity index (χ0v) is 52.5. The molecule has 0 radical (unpaired) electrons. The third-order valence-electron chi connectivity index (χ3n) is 16.0. The van der Waals surface area contributed by atoms with Crippen LogP contribution in [0.1, 0.15) is 176 Å². The number of likely N-dealkylation sites (N-methyl/N-ethyl adjacent to an activating group) is 2. The van der Waals surface area contributed by atoms with Crippen LogP contribution in [0.5, 0.6) is 0 Å². The molecule has 4 amide bonds. The molecule has 6 nitrogen and oxygen atoms in total. The Hall–Kier alpha value is -4.82. The average Bonchev–Trinajstić information content (AvgIpc) is 4.42. The standard InChI is InChI=1S/C68H76N2O4S6/c1-7-13-17-21-26-45-36-57(75-53(45)41-59-65(71)69(11-5)67(73)79-59)63-47(28-23-19-15-9-3)38-55(77-63)51-40-52(50-35-33-44-31-25-30-43-32-34-49(51)62(50)61(43)44)56-39-48(29-24-20-16-10-4)64(78-56)58-37-46(27-22-18-14-8-2)54(76-58)42-60-66(72)70(12-6)68(74)80-60/h25,30-42H,7-24,26-29H2,1-6H3/b59-41-,60-42-. The first-order valence-corrected chi connectivity index (χ1v) is 34.7. The Morgan fingerprint density at radius 2 is 0.787 bits per heavy atom. The Labute approximate surface area is 498 Å². The summed E-state index contributed by atoms with van der Waals surface area (Å²) < 4.78 is 0. The van der Waals surface area contributed by atoms with Crippen LogP contribution in [0.25, 0.3) is 84.9 Å². The van der Waals surface area contributed by atoms with Gasteiger partial charge in [-0.3, -0.25) is 29.0 Å². The molecule has 4 aromatic carbocycles. The topological polar surface area (TPSA) is 74.8 Å². The monoisotopic (exact) mass is 1180 g/mol. The highest BCUT2D eigenvalue weighted by molar-refractivity contribution is 8.18. The fourth-order valence-corrected chi connectivity index (χ4v) is 18.6. The lowest BCUT2D eigenvalue weighted by Crippen LogP contribution is -2.27. The van der Waals surface area contributed by atoms with E-state index < -0.39 is 0 Å². The second-order valence-electron chi connectivity index (χ2n) is 21.7. The summed E-state index contributed by atoms with van der Waals surface area (Å²) in [7, 11) is 0. The van der Waals surface area contributed by atoms with Crippen molar-refractivity contribution in [3.8, 4) is 40.4 Å². The molecule has 0 N–H and O–H groups in total. The molecule has 0 unspecified atom stereocenters. The summed E-state index contributed by atoms with van der Waals surface area (Å²) >= 11 is 9.55. The molecule has 2 saturated heterocycles. The number of imide groups is 2. The molecule has 6 heterocycles. The van der Waals surface area contributed by atoms with Gasteiger partial charge in [-0.05, 0) is 186 Å². The summed E-state index contributed by atoms with van der Waals surface area (Å²) in [5.41, 5.74) is 7.82. The second kappa shape index (κ2) is 27.1. The van der Waals surface area contributed by atoms with E-state index in [1.54, 1.807) is 22.7 Å². The molecule has 0 atom stereocenters. The van der Waals surface area contributed by atoms with E-state index in [0.717, 1.165) is 97.5 Å². The molecule has 0 saturated carbocycles. The molecular formula is C68H76N2O4S6. The van der Waals surface area contributed by atoms with Crippen molar-refractivity contribution in [2.75, 3.05) is 13.1 Å². The first kappa shape index (κ1) is 58.4. The van der Waals surface area contributed by atoms with Gasteiger partial charge in [0.25, 0.3) is 22.3 Å². The van der Waals surface area contributed by atoms with E-state index in [2.05, 4.69) is 100 Å². The quantitative estimate of drug-likeness (QED) is 0.0276. The molecule has 4 aromatic heterocycles. The predicted molar refractivity (Wildman–Crippen MR) is 351 cm³/mol. The zero-order chi connectivity index (χ0) is 55.9. The zero-order valence-electron chi connectivity index (χ0n) is 47.6. The molecule has 8 aromatic rings. The average molecular weight is 1180 g/mol. The number of benzene rings is 4. The number of carbonyl (C=O) groups is 4. The fourth-order valence-electron chi connectivity index (χ4n) is 11.6. The Balaban J connectivity index is 1.14. The number of hydrogen-bond acceptors (Lipinski definition) is 10. The first-order chi connectivity index (χ1) is 39.1. The smallest absolute Gasteiger partial charge is 0.269 e. The van der Waals surface area contributed by atoms with Crippen molar-refractivity contribution >= 4 is 136 Å². The van der Waals surface area contributed by atoms with Gasteiger partial charge in [-0.1, -0.05) is 147 Å². The number of nitrogens with zero attached hydrogens (tertiary/aromatic N) is 2. The minimum Gasteiger partial charge on any atom is -0.269 e. The van der Waals surface area contributed by atoms with Gasteiger partial charge in [0.05, 0.1) is 9.81 Å². The number of thioether (sulfide) groups is 2. The van der Waals surface area contributed by atoms with Gasteiger partial charge in [0.2, 0.25) is 0 Å². The van der Waals surface area contributed by atoms with Gasteiger partial charge in [0, 0.05) is 63.2 Å². The lowest BCUT2D eigenvalue weighted by atomic mass is 9.88. The van der Waals surface area contributed by atoms with Gasteiger partial charge >= 0.3 is 0 Å². The summed E-state index contributed by atoms with van der Waals surface area (Å²) in [6.45, 7) is 13.5. The molecule has 0 aliphatic carbocycles. The molecule has 12 heteroatoms. The van der Waals surface area contributed by atoms with Crippen molar-refractivity contribution in [2.45, 2.75) is 170 Å². The Morgan fingerprint density at radius 1 is 0.400 bits per heavy atom. The van der Waals surface area contributed by atoms with Crippen LogP contribution in [-0.4, -0.2) is 45.2 Å². The summed E-state index contributed by atoms with van der Waals surface area (Å²) in [6.07, 6.45) is 26.6. The predicted octanol–water partition coefficient (Wildman–Crippen LogP) is 22.1. The van der Waals surface area contributed by atoms with E-state index in [9.17, 15) is 19.2 Å². The van der Waals surface area contributed by atoms with Crippen LogP contribution in [-0.2, 0) is 35.3 Å². The summed E-state index contributed by atoms with van der Waals surface area (Å²) in [5, 5.41) is 7.29. The van der Waals surface area contributed by atoms with E-state index >= 15 is 0 Å². The highest BCUT2D eigenvalue weighted by atomic mass is 32.2. The maximum atomic E-state index is 13.5.